The van der Waals surface area contributed by atoms with Gasteiger partial charge in [-0.05, 0) is 35.8 Å². The van der Waals surface area contributed by atoms with Crippen LogP contribution in [0.25, 0.3) is 0 Å². The van der Waals surface area contributed by atoms with Gasteiger partial charge in [0.05, 0.1) is 0 Å². The molecule has 0 unspecified atom stereocenters. The molecule has 1 fully saturated rings. The Labute approximate surface area is 130 Å². The summed E-state index contributed by atoms with van der Waals surface area (Å²) in [5, 5.41) is 3.41. The van der Waals surface area contributed by atoms with E-state index >= 15 is 0 Å². The third-order valence-electron chi connectivity index (χ3n) is 3.95. The van der Waals surface area contributed by atoms with Crippen molar-refractivity contribution < 1.29 is 0 Å². The molecule has 0 saturated heterocycles. The minimum atomic E-state index is 0.342. The van der Waals surface area contributed by atoms with E-state index in [0.29, 0.717) is 5.92 Å². The van der Waals surface area contributed by atoms with Gasteiger partial charge in [0.1, 0.15) is 16.2 Å². The van der Waals surface area contributed by atoms with E-state index in [2.05, 4.69) is 57.0 Å². The summed E-state index contributed by atoms with van der Waals surface area (Å²) in [4.78, 5) is 11.4. The normalized spacial score (nSPS) is 16.3. The molecule has 0 radical (unpaired) electrons. The van der Waals surface area contributed by atoms with Crippen LogP contribution in [0.4, 0.5) is 5.82 Å². The van der Waals surface area contributed by atoms with E-state index in [1.54, 1.807) is 0 Å². The van der Waals surface area contributed by atoms with Crippen molar-refractivity contribution in [3.8, 4) is 0 Å². The van der Waals surface area contributed by atoms with Crippen LogP contribution in [-0.2, 0) is 0 Å². The van der Waals surface area contributed by atoms with Crippen LogP contribution < -0.4 is 5.32 Å². The Morgan fingerprint density at radius 1 is 1.35 bits per heavy atom. The van der Waals surface area contributed by atoms with Gasteiger partial charge in [-0.3, -0.25) is 0 Å². The van der Waals surface area contributed by atoms with E-state index < -0.39 is 0 Å². The van der Waals surface area contributed by atoms with E-state index in [0.717, 1.165) is 35.4 Å². The van der Waals surface area contributed by atoms with Crippen LogP contribution >= 0.6 is 15.9 Å². The Morgan fingerprint density at radius 2 is 2.05 bits per heavy atom. The number of nitrogens with zero attached hydrogens (tertiary/aromatic N) is 3. The summed E-state index contributed by atoms with van der Waals surface area (Å²) in [5.41, 5.74) is 0. The first kappa shape index (κ1) is 15.7. The first-order valence-corrected chi connectivity index (χ1v) is 8.34. The molecule has 1 heterocycles. The maximum absolute atomic E-state index is 4.56. The molecule has 0 aromatic carbocycles. The Balaban J connectivity index is 1.84. The van der Waals surface area contributed by atoms with Crippen molar-refractivity contribution in [3.63, 3.8) is 0 Å². The lowest BCUT2D eigenvalue weighted by Gasteiger charge is -2.24. The van der Waals surface area contributed by atoms with Gasteiger partial charge in [-0.1, -0.05) is 26.7 Å². The van der Waals surface area contributed by atoms with Crippen LogP contribution in [0.5, 0.6) is 0 Å². The third-order valence-corrected chi connectivity index (χ3v) is 4.35. The van der Waals surface area contributed by atoms with Gasteiger partial charge in [0.15, 0.2) is 0 Å². The zero-order valence-electron chi connectivity index (χ0n) is 12.7. The van der Waals surface area contributed by atoms with Crippen molar-refractivity contribution in [2.45, 2.75) is 51.5 Å². The molecule has 5 heteroatoms. The number of aromatic nitrogens is 2. The molecule has 112 valence electrons. The highest BCUT2D eigenvalue weighted by Gasteiger charge is 2.18. The van der Waals surface area contributed by atoms with E-state index in [4.69, 9.17) is 0 Å². The lowest BCUT2D eigenvalue weighted by atomic mass is 10.2. The quantitative estimate of drug-likeness (QED) is 0.802. The molecule has 1 aliphatic carbocycles. The lowest BCUT2D eigenvalue weighted by Crippen LogP contribution is -2.33. The van der Waals surface area contributed by atoms with Crippen molar-refractivity contribution in [2.75, 3.05) is 25.5 Å². The van der Waals surface area contributed by atoms with Crippen molar-refractivity contribution in [1.29, 1.82) is 0 Å². The minimum absolute atomic E-state index is 0.342. The van der Waals surface area contributed by atoms with Crippen molar-refractivity contribution in [1.82, 2.24) is 14.9 Å². The predicted octanol–water partition coefficient (Wildman–Crippen LogP) is 3.65. The van der Waals surface area contributed by atoms with Gasteiger partial charge < -0.3 is 10.2 Å². The lowest BCUT2D eigenvalue weighted by molar-refractivity contribution is 0.254. The maximum Gasteiger partial charge on any atom is 0.134 e. The van der Waals surface area contributed by atoms with Gasteiger partial charge in [-0.2, -0.15) is 0 Å². The Kier molecular flexibility index (Phi) is 5.78. The molecule has 0 bridgehead atoms. The highest BCUT2D eigenvalue weighted by Crippen LogP contribution is 2.22. The van der Waals surface area contributed by atoms with Crippen LogP contribution in [0.3, 0.4) is 0 Å². The predicted molar refractivity (Wildman–Crippen MR) is 87.2 cm³/mol. The Hall–Kier alpha value is -0.680. The zero-order valence-corrected chi connectivity index (χ0v) is 14.3. The monoisotopic (exact) mass is 340 g/mol. The molecule has 0 spiro atoms. The van der Waals surface area contributed by atoms with Crippen LogP contribution in [0.15, 0.2) is 10.7 Å². The van der Waals surface area contributed by atoms with Crippen molar-refractivity contribution >= 4 is 21.7 Å². The third kappa shape index (κ3) is 4.42. The molecule has 0 atom stereocenters. The second kappa shape index (κ2) is 7.36. The molecule has 1 saturated carbocycles. The van der Waals surface area contributed by atoms with Gasteiger partial charge in [0.2, 0.25) is 0 Å². The Morgan fingerprint density at radius 3 is 2.70 bits per heavy atom. The van der Waals surface area contributed by atoms with Gasteiger partial charge in [-0.25, -0.2) is 9.97 Å². The molecule has 0 aliphatic heterocycles. The minimum Gasteiger partial charge on any atom is -0.369 e. The topological polar surface area (TPSA) is 41.1 Å². The summed E-state index contributed by atoms with van der Waals surface area (Å²) in [6, 6.07) is 2.72. The maximum atomic E-state index is 4.56. The number of nitrogens with one attached hydrogen (secondary N) is 1. The summed E-state index contributed by atoms with van der Waals surface area (Å²) in [6.45, 7) is 6.20. The molecule has 2 rings (SSSR count). The van der Waals surface area contributed by atoms with Crippen LogP contribution in [0, 0.1) is 0 Å². The average Bonchev–Trinajstić information content (AvgIpc) is 2.91. The Bertz CT molecular complexity index is 430. The summed E-state index contributed by atoms with van der Waals surface area (Å²) in [5.74, 6) is 2.13. The first-order valence-electron chi connectivity index (χ1n) is 7.55. The molecule has 20 heavy (non-hydrogen) atoms. The largest absolute Gasteiger partial charge is 0.369 e. The van der Waals surface area contributed by atoms with Crippen molar-refractivity contribution in [2.24, 2.45) is 0 Å². The molecular weight excluding hydrogens is 316 g/mol. The van der Waals surface area contributed by atoms with Crippen LogP contribution in [-0.4, -0.2) is 41.0 Å². The number of rotatable bonds is 6. The number of halogens is 1. The molecule has 0 amide bonds. The fourth-order valence-electron chi connectivity index (χ4n) is 2.67. The number of hydrogen-bond donors (Lipinski definition) is 1. The van der Waals surface area contributed by atoms with Gasteiger partial charge in [0, 0.05) is 31.1 Å². The fourth-order valence-corrected chi connectivity index (χ4v) is 3.07. The summed E-state index contributed by atoms with van der Waals surface area (Å²) >= 11 is 3.45. The molecule has 1 N–H and O–H groups in total. The van der Waals surface area contributed by atoms with Crippen molar-refractivity contribution in [3.05, 3.63) is 16.5 Å². The van der Waals surface area contributed by atoms with E-state index in [1.165, 1.54) is 25.7 Å². The summed E-state index contributed by atoms with van der Waals surface area (Å²) in [6.07, 6.45) is 5.48. The highest BCUT2D eigenvalue weighted by atomic mass is 79.9. The van der Waals surface area contributed by atoms with Gasteiger partial charge in [0.25, 0.3) is 0 Å². The van der Waals surface area contributed by atoms with Gasteiger partial charge >= 0.3 is 0 Å². The summed E-state index contributed by atoms with van der Waals surface area (Å²) < 4.78 is 0.850. The number of anilines is 1. The van der Waals surface area contributed by atoms with Crippen LogP contribution in [0.2, 0.25) is 0 Å². The fraction of sp³-hybridized carbons (Fsp3) is 0.733. The van der Waals surface area contributed by atoms with E-state index in [-0.39, 0.29) is 0 Å². The molecular formula is C15H25BrN4. The molecule has 4 nitrogen and oxygen atoms in total. The SMILES string of the molecule is CC(C)c1nc(Br)cc(NCCN(C)C2CCCC2)n1. The second-order valence-electron chi connectivity index (χ2n) is 5.93. The molecule has 1 aliphatic rings. The van der Waals surface area contributed by atoms with E-state index in [1.807, 2.05) is 6.07 Å². The zero-order chi connectivity index (χ0) is 14.5. The van der Waals surface area contributed by atoms with Gasteiger partial charge in [-0.15, -0.1) is 0 Å². The van der Waals surface area contributed by atoms with E-state index in [9.17, 15) is 0 Å². The summed E-state index contributed by atoms with van der Waals surface area (Å²) in [7, 11) is 2.23. The number of hydrogen-bond acceptors (Lipinski definition) is 4. The smallest absolute Gasteiger partial charge is 0.134 e. The average molecular weight is 341 g/mol. The van der Waals surface area contributed by atoms with Crippen LogP contribution in [0.1, 0.15) is 51.3 Å². The highest BCUT2D eigenvalue weighted by molar-refractivity contribution is 9.10. The number of likely N-dealkylation sites (N-methyl/N-ethyl adjacent to an activating group) is 1. The standard InChI is InChI=1S/C15H25BrN4/c1-11(2)15-18-13(16)10-14(19-15)17-8-9-20(3)12-6-4-5-7-12/h10-12H,4-9H2,1-3H3,(H,17,18,19). The molecule has 1 aromatic rings. The second-order valence-corrected chi connectivity index (χ2v) is 6.75. The first-order chi connectivity index (χ1) is 9.56. The molecule has 1 aromatic heterocycles.